The zero-order valence-electron chi connectivity index (χ0n) is 14.7. The molecular formula is C20H24INO2. The van der Waals surface area contributed by atoms with Crippen molar-refractivity contribution in [2.45, 2.75) is 47.1 Å². The predicted molar refractivity (Wildman–Crippen MR) is 108 cm³/mol. The Hall–Kier alpha value is -1.56. The molecule has 0 radical (unpaired) electrons. The Labute approximate surface area is 157 Å². The molecule has 24 heavy (non-hydrogen) atoms. The summed E-state index contributed by atoms with van der Waals surface area (Å²) in [7, 11) is 0. The summed E-state index contributed by atoms with van der Waals surface area (Å²) in [5.74, 6) is 0.912. The van der Waals surface area contributed by atoms with E-state index in [0.717, 1.165) is 32.6 Å². The number of anilines is 1. The minimum absolute atomic E-state index is 0.0116. The topological polar surface area (TPSA) is 38.3 Å². The molecule has 0 saturated heterocycles. The average molecular weight is 437 g/mol. The monoisotopic (exact) mass is 437 g/mol. The Morgan fingerprint density at radius 1 is 1.17 bits per heavy atom. The third-order valence-electron chi connectivity index (χ3n) is 4.10. The lowest BCUT2D eigenvalue weighted by molar-refractivity contribution is -0.115. The summed E-state index contributed by atoms with van der Waals surface area (Å²) in [5.41, 5.74) is 5.58. The van der Waals surface area contributed by atoms with Crippen LogP contribution in [0, 0.1) is 17.4 Å². The number of carbonyl (C=O) groups is 1. The summed E-state index contributed by atoms with van der Waals surface area (Å²) in [6.45, 7) is 8.64. The summed E-state index contributed by atoms with van der Waals surface area (Å²) in [5, 5.41) is 2.96. The summed E-state index contributed by atoms with van der Waals surface area (Å²) < 4.78 is 7.17. The van der Waals surface area contributed by atoms with E-state index in [1.54, 1.807) is 0 Å². The second-order valence-corrected chi connectivity index (χ2v) is 7.02. The van der Waals surface area contributed by atoms with Gasteiger partial charge in [0.2, 0.25) is 5.91 Å². The lowest BCUT2D eigenvalue weighted by Crippen LogP contribution is -2.13. The molecular weight excluding hydrogens is 413 g/mol. The number of aryl methyl sites for hydroxylation is 3. The predicted octanol–water partition coefficient (Wildman–Crippen LogP) is 5.40. The lowest BCUT2D eigenvalue weighted by Gasteiger charge is -2.16. The second kappa shape index (κ2) is 8.51. The summed E-state index contributed by atoms with van der Waals surface area (Å²) in [4.78, 5) is 11.7. The van der Waals surface area contributed by atoms with Gasteiger partial charge in [0.15, 0.2) is 0 Å². The van der Waals surface area contributed by atoms with Crippen molar-refractivity contribution in [3.8, 4) is 5.75 Å². The number of ether oxygens (including phenoxy) is 1. The molecule has 128 valence electrons. The van der Waals surface area contributed by atoms with E-state index < -0.39 is 0 Å². The van der Waals surface area contributed by atoms with Gasteiger partial charge in [-0.1, -0.05) is 26.0 Å². The van der Waals surface area contributed by atoms with Crippen molar-refractivity contribution in [1.29, 1.82) is 0 Å². The van der Waals surface area contributed by atoms with Crippen LogP contribution in [0.5, 0.6) is 5.75 Å². The lowest BCUT2D eigenvalue weighted by atomic mass is 10.0. The van der Waals surface area contributed by atoms with Crippen LogP contribution in [-0.2, 0) is 17.8 Å². The minimum Gasteiger partial charge on any atom is -0.489 e. The van der Waals surface area contributed by atoms with Crippen molar-refractivity contribution < 1.29 is 9.53 Å². The Bertz CT molecular complexity index is 741. The summed E-state index contributed by atoms with van der Waals surface area (Å²) >= 11 is 2.28. The van der Waals surface area contributed by atoms with Crippen molar-refractivity contribution in [1.82, 2.24) is 0 Å². The molecule has 0 heterocycles. The first-order valence-electron chi connectivity index (χ1n) is 8.26. The maximum atomic E-state index is 11.7. The zero-order chi connectivity index (χ0) is 17.7. The SMILES string of the molecule is CCC(=O)Nc1cccc(I)c1COc1cc(C)c(CC)cc1C. The number of nitrogens with one attached hydrogen (secondary N) is 1. The van der Waals surface area contributed by atoms with Gasteiger partial charge in [-0.25, -0.2) is 0 Å². The minimum atomic E-state index is 0.0116. The fraction of sp³-hybridized carbons (Fsp3) is 0.350. The molecule has 0 aliphatic carbocycles. The van der Waals surface area contributed by atoms with Gasteiger partial charge in [0, 0.05) is 21.2 Å². The van der Waals surface area contributed by atoms with Gasteiger partial charge in [-0.15, -0.1) is 0 Å². The van der Waals surface area contributed by atoms with Gasteiger partial charge >= 0.3 is 0 Å². The Balaban J connectivity index is 2.23. The van der Waals surface area contributed by atoms with Crippen molar-refractivity contribution in [3.63, 3.8) is 0 Å². The highest BCUT2D eigenvalue weighted by atomic mass is 127. The van der Waals surface area contributed by atoms with E-state index in [-0.39, 0.29) is 5.91 Å². The van der Waals surface area contributed by atoms with Gasteiger partial charge in [0.05, 0.1) is 0 Å². The van der Waals surface area contributed by atoms with E-state index in [1.165, 1.54) is 11.1 Å². The quantitative estimate of drug-likeness (QED) is 0.615. The van der Waals surface area contributed by atoms with Crippen LogP contribution >= 0.6 is 22.6 Å². The molecule has 1 N–H and O–H groups in total. The van der Waals surface area contributed by atoms with Crippen LogP contribution in [0.25, 0.3) is 0 Å². The van der Waals surface area contributed by atoms with Gasteiger partial charge in [0.25, 0.3) is 0 Å². The van der Waals surface area contributed by atoms with Crippen molar-refractivity contribution in [2.75, 3.05) is 5.32 Å². The molecule has 0 aromatic heterocycles. The van der Waals surface area contributed by atoms with Crippen LogP contribution in [-0.4, -0.2) is 5.91 Å². The molecule has 0 spiro atoms. The van der Waals surface area contributed by atoms with Crippen LogP contribution in [0.1, 0.15) is 42.5 Å². The molecule has 0 aliphatic rings. The molecule has 0 saturated carbocycles. The van der Waals surface area contributed by atoms with Crippen LogP contribution in [0.15, 0.2) is 30.3 Å². The molecule has 0 bridgehead atoms. The molecule has 2 aromatic rings. The van der Waals surface area contributed by atoms with Crippen LogP contribution in [0.4, 0.5) is 5.69 Å². The number of benzene rings is 2. The molecule has 0 fully saturated rings. The van der Waals surface area contributed by atoms with E-state index in [4.69, 9.17) is 4.74 Å². The second-order valence-electron chi connectivity index (χ2n) is 5.85. The molecule has 0 atom stereocenters. The number of rotatable bonds is 6. The first kappa shape index (κ1) is 18.8. The normalized spacial score (nSPS) is 10.5. The Morgan fingerprint density at radius 2 is 1.92 bits per heavy atom. The van der Waals surface area contributed by atoms with Crippen molar-refractivity contribution in [2.24, 2.45) is 0 Å². The van der Waals surface area contributed by atoms with Crippen molar-refractivity contribution >= 4 is 34.2 Å². The third-order valence-corrected chi connectivity index (χ3v) is 5.11. The highest BCUT2D eigenvalue weighted by Gasteiger charge is 2.11. The number of carbonyl (C=O) groups excluding carboxylic acids is 1. The number of amides is 1. The fourth-order valence-corrected chi connectivity index (χ4v) is 3.25. The molecule has 3 nitrogen and oxygen atoms in total. The zero-order valence-corrected chi connectivity index (χ0v) is 16.9. The molecule has 2 aromatic carbocycles. The smallest absolute Gasteiger partial charge is 0.224 e. The van der Waals surface area contributed by atoms with Gasteiger partial charge in [-0.2, -0.15) is 0 Å². The first-order chi connectivity index (χ1) is 11.5. The van der Waals surface area contributed by atoms with Gasteiger partial charge in [-0.05, 0) is 77.7 Å². The summed E-state index contributed by atoms with van der Waals surface area (Å²) in [6, 6.07) is 10.2. The molecule has 1 amide bonds. The van der Waals surface area contributed by atoms with Gasteiger partial charge in [0.1, 0.15) is 12.4 Å². The van der Waals surface area contributed by atoms with E-state index >= 15 is 0 Å². The van der Waals surface area contributed by atoms with E-state index in [9.17, 15) is 4.79 Å². The number of hydrogen-bond donors (Lipinski definition) is 1. The molecule has 2 rings (SSSR count). The van der Waals surface area contributed by atoms with Gasteiger partial charge in [-0.3, -0.25) is 4.79 Å². The highest BCUT2D eigenvalue weighted by molar-refractivity contribution is 14.1. The third kappa shape index (κ3) is 4.50. The number of halogens is 1. The Morgan fingerprint density at radius 3 is 2.58 bits per heavy atom. The molecule has 4 heteroatoms. The van der Waals surface area contributed by atoms with Gasteiger partial charge < -0.3 is 10.1 Å². The van der Waals surface area contributed by atoms with E-state index in [1.807, 2.05) is 25.1 Å². The van der Waals surface area contributed by atoms with Crippen LogP contribution in [0.3, 0.4) is 0 Å². The van der Waals surface area contributed by atoms with Crippen molar-refractivity contribution in [3.05, 3.63) is 56.2 Å². The first-order valence-corrected chi connectivity index (χ1v) is 9.34. The maximum absolute atomic E-state index is 11.7. The highest BCUT2D eigenvalue weighted by Crippen LogP contribution is 2.27. The Kier molecular flexibility index (Phi) is 6.66. The van der Waals surface area contributed by atoms with Crippen LogP contribution < -0.4 is 10.1 Å². The van der Waals surface area contributed by atoms with Crippen LogP contribution in [0.2, 0.25) is 0 Å². The van der Waals surface area contributed by atoms with E-state index in [0.29, 0.717) is 13.0 Å². The summed E-state index contributed by atoms with van der Waals surface area (Å²) in [6.07, 6.45) is 1.49. The maximum Gasteiger partial charge on any atom is 0.224 e. The molecule has 0 unspecified atom stereocenters. The van der Waals surface area contributed by atoms with E-state index in [2.05, 4.69) is 60.8 Å². The largest absolute Gasteiger partial charge is 0.489 e. The standard InChI is InChI=1S/C20H24INO2/c1-5-15-10-14(4)19(11-13(15)3)24-12-16-17(21)8-7-9-18(16)22-20(23)6-2/h7-11H,5-6,12H2,1-4H3,(H,22,23). The average Bonchev–Trinajstić information content (AvgIpc) is 2.56. The fourth-order valence-electron chi connectivity index (χ4n) is 2.60. The number of hydrogen-bond acceptors (Lipinski definition) is 2. The molecule has 0 aliphatic heterocycles.